The van der Waals surface area contributed by atoms with Crippen LogP contribution in [0.15, 0.2) is 72.8 Å². The lowest BCUT2D eigenvalue weighted by atomic mass is 9.96. The van der Waals surface area contributed by atoms with Gasteiger partial charge in [0.1, 0.15) is 0 Å². The zero-order valence-corrected chi connectivity index (χ0v) is 14.8. The van der Waals surface area contributed by atoms with Crippen LogP contribution in [0.5, 0.6) is 0 Å². The maximum atomic E-state index is 13.7. The van der Waals surface area contributed by atoms with Crippen molar-refractivity contribution >= 4 is 21.4 Å². The van der Waals surface area contributed by atoms with Gasteiger partial charge in [0.15, 0.2) is 0 Å². The number of hydrogen-bond donors (Lipinski definition) is 0. The molecule has 0 unspecified atom stereocenters. The molecule has 0 aliphatic carbocycles. The Balaban J connectivity index is 1.87. The average Bonchev–Trinajstić information content (AvgIpc) is 3.04. The highest BCUT2D eigenvalue weighted by Gasteiger charge is 2.34. The molecule has 0 N–H and O–H groups in total. The summed E-state index contributed by atoms with van der Waals surface area (Å²) >= 11 is 1.52. The molecule has 1 heterocycles. The molecule has 0 aliphatic heterocycles. The number of rotatable bonds is 2. The molecule has 0 nitrogen and oxygen atoms in total. The molecule has 0 radical (unpaired) electrons. The fraction of sp³-hybridized carbons (Fsp3) is 0.0909. The van der Waals surface area contributed by atoms with E-state index in [9.17, 15) is 13.2 Å². The molecule has 0 aliphatic rings. The highest BCUT2D eigenvalue weighted by molar-refractivity contribution is 7.22. The molecule has 4 aromatic rings. The van der Waals surface area contributed by atoms with Gasteiger partial charge in [-0.15, -0.1) is 11.3 Å². The molecule has 0 bridgehead atoms. The minimum atomic E-state index is -4.41. The topological polar surface area (TPSA) is 0 Å². The number of thiophene rings is 1. The second-order valence-corrected chi connectivity index (χ2v) is 7.36. The van der Waals surface area contributed by atoms with Crippen LogP contribution in [0.1, 0.15) is 11.1 Å². The molecular weight excluding hydrogens is 353 g/mol. The molecule has 4 rings (SSSR count). The highest BCUT2D eigenvalue weighted by atomic mass is 32.1. The van der Waals surface area contributed by atoms with E-state index >= 15 is 0 Å². The summed E-state index contributed by atoms with van der Waals surface area (Å²) in [6, 6.07) is 21.3. The third-order valence-corrected chi connectivity index (χ3v) is 5.52. The van der Waals surface area contributed by atoms with Crippen LogP contribution < -0.4 is 0 Å². The van der Waals surface area contributed by atoms with Gasteiger partial charge in [-0.1, -0.05) is 54.6 Å². The van der Waals surface area contributed by atoms with Crippen molar-refractivity contribution in [3.05, 3.63) is 83.9 Å². The smallest absolute Gasteiger partial charge is 0.166 e. The molecule has 0 saturated heterocycles. The van der Waals surface area contributed by atoms with E-state index in [0.717, 1.165) is 20.5 Å². The Labute approximate surface area is 153 Å². The fourth-order valence-corrected chi connectivity index (χ4v) is 4.24. The first-order valence-corrected chi connectivity index (χ1v) is 9.01. The quantitative estimate of drug-likeness (QED) is 0.342. The molecule has 0 fully saturated rings. The van der Waals surface area contributed by atoms with E-state index < -0.39 is 11.7 Å². The maximum Gasteiger partial charge on any atom is 0.417 e. The summed E-state index contributed by atoms with van der Waals surface area (Å²) < 4.78 is 42.2. The summed E-state index contributed by atoms with van der Waals surface area (Å²) in [5.41, 5.74) is 1.91. The van der Waals surface area contributed by atoms with E-state index in [1.54, 1.807) is 42.5 Å². The maximum absolute atomic E-state index is 13.7. The van der Waals surface area contributed by atoms with Crippen LogP contribution in [-0.4, -0.2) is 0 Å². The van der Waals surface area contributed by atoms with Gasteiger partial charge in [-0.3, -0.25) is 0 Å². The van der Waals surface area contributed by atoms with Gasteiger partial charge in [0.2, 0.25) is 0 Å². The Morgan fingerprint density at radius 3 is 2.27 bits per heavy atom. The predicted molar refractivity (Wildman–Crippen MR) is 102 cm³/mol. The van der Waals surface area contributed by atoms with Gasteiger partial charge in [0, 0.05) is 9.58 Å². The lowest BCUT2D eigenvalue weighted by Crippen LogP contribution is -2.07. The molecule has 0 atom stereocenters. The molecule has 4 heteroatoms. The van der Waals surface area contributed by atoms with E-state index in [-0.39, 0.29) is 5.56 Å². The Kier molecular flexibility index (Phi) is 4.08. The normalized spacial score (nSPS) is 11.8. The molecule has 26 heavy (non-hydrogen) atoms. The van der Waals surface area contributed by atoms with Crippen molar-refractivity contribution in [1.29, 1.82) is 0 Å². The second kappa shape index (κ2) is 6.29. The van der Waals surface area contributed by atoms with Gasteiger partial charge in [-0.25, -0.2) is 0 Å². The highest BCUT2D eigenvalue weighted by Crippen LogP contribution is 2.41. The van der Waals surface area contributed by atoms with Crippen molar-refractivity contribution < 1.29 is 13.2 Å². The van der Waals surface area contributed by atoms with Crippen LogP contribution in [-0.2, 0) is 6.18 Å². The van der Waals surface area contributed by atoms with Gasteiger partial charge in [0.25, 0.3) is 0 Å². The standard InChI is InChI=1S/C22H15F3S/c1-14-7-8-17-13-21(26-20(17)11-14)16-9-10-18(15-5-3-2-4-6-15)19(12-16)22(23,24)25/h2-13H,1H3. The van der Waals surface area contributed by atoms with Crippen LogP contribution in [0, 0.1) is 6.92 Å². The van der Waals surface area contributed by atoms with Crippen molar-refractivity contribution in [3.8, 4) is 21.6 Å². The largest absolute Gasteiger partial charge is 0.417 e. The molecule has 1 aromatic heterocycles. The van der Waals surface area contributed by atoms with Crippen LogP contribution in [0.3, 0.4) is 0 Å². The van der Waals surface area contributed by atoms with Crippen LogP contribution in [0.2, 0.25) is 0 Å². The minimum Gasteiger partial charge on any atom is -0.166 e. The molecular formula is C22H15F3S. The van der Waals surface area contributed by atoms with Crippen molar-refractivity contribution in [2.24, 2.45) is 0 Å². The van der Waals surface area contributed by atoms with E-state index in [4.69, 9.17) is 0 Å². The zero-order chi connectivity index (χ0) is 18.3. The monoisotopic (exact) mass is 368 g/mol. The second-order valence-electron chi connectivity index (χ2n) is 6.28. The van der Waals surface area contributed by atoms with Gasteiger partial charge < -0.3 is 0 Å². The molecule has 130 valence electrons. The first-order chi connectivity index (χ1) is 12.4. The first-order valence-electron chi connectivity index (χ1n) is 8.19. The lowest BCUT2D eigenvalue weighted by Gasteiger charge is -2.14. The third kappa shape index (κ3) is 3.13. The number of fused-ring (bicyclic) bond motifs is 1. The first kappa shape index (κ1) is 16.9. The number of aryl methyl sites for hydroxylation is 1. The number of halogens is 3. The van der Waals surface area contributed by atoms with Gasteiger partial charge in [-0.2, -0.15) is 13.2 Å². The average molecular weight is 368 g/mol. The lowest BCUT2D eigenvalue weighted by molar-refractivity contribution is -0.137. The van der Waals surface area contributed by atoms with Crippen molar-refractivity contribution in [1.82, 2.24) is 0 Å². The molecule has 0 saturated carbocycles. The molecule has 0 spiro atoms. The van der Waals surface area contributed by atoms with Gasteiger partial charge in [0.05, 0.1) is 5.56 Å². The van der Waals surface area contributed by atoms with Crippen LogP contribution >= 0.6 is 11.3 Å². The Hall–Kier alpha value is -2.59. The van der Waals surface area contributed by atoms with E-state index in [0.29, 0.717) is 11.1 Å². The summed E-state index contributed by atoms with van der Waals surface area (Å²) in [5.74, 6) is 0. The van der Waals surface area contributed by atoms with Crippen molar-refractivity contribution in [3.63, 3.8) is 0 Å². The van der Waals surface area contributed by atoms with Crippen LogP contribution in [0.4, 0.5) is 13.2 Å². The van der Waals surface area contributed by atoms with E-state index in [1.165, 1.54) is 17.4 Å². The van der Waals surface area contributed by atoms with Crippen molar-refractivity contribution in [2.75, 3.05) is 0 Å². The summed E-state index contributed by atoms with van der Waals surface area (Å²) in [7, 11) is 0. The summed E-state index contributed by atoms with van der Waals surface area (Å²) in [4.78, 5) is 0.843. The third-order valence-electron chi connectivity index (χ3n) is 4.37. The SMILES string of the molecule is Cc1ccc2cc(-c3ccc(-c4ccccc4)c(C(F)(F)F)c3)sc2c1. The molecule has 0 amide bonds. The number of alkyl halides is 3. The van der Waals surface area contributed by atoms with Gasteiger partial charge in [-0.05, 0) is 52.8 Å². The summed E-state index contributed by atoms with van der Waals surface area (Å²) in [5, 5.41) is 1.05. The molecule has 3 aromatic carbocycles. The number of benzene rings is 3. The Morgan fingerprint density at radius 1 is 0.769 bits per heavy atom. The summed E-state index contributed by atoms with van der Waals surface area (Å²) in [6.45, 7) is 2.01. The zero-order valence-electron chi connectivity index (χ0n) is 14.0. The Morgan fingerprint density at radius 2 is 1.54 bits per heavy atom. The van der Waals surface area contributed by atoms with E-state index in [1.807, 2.05) is 25.1 Å². The van der Waals surface area contributed by atoms with Crippen LogP contribution in [0.25, 0.3) is 31.7 Å². The number of hydrogen-bond acceptors (Lipinski definition) is 1. The van der Waals surface area contributed by atoms with E-state index in [2.05, 4.69) is 6.07 Å². The fourth-order valence-electron chi connectivity index (χ4n) is 3.08. The Bertz CT molecular complexity index is 1080. The summed E-state index contributed by atoms with van der Waals surface area (Å²) in [6.07, 6.45) is -4.41. The minimum absolute atomic E-state index is 0.207. The van der Waals surface area contributed by atoms with Gasteiger partial charge >= 0.3 is 6.18 Å². The van der Waals surface area contributed by atoms with Crippen molar-refractivity contribution in [2.45, 2.75) is 13.1 Å². The predicted octanol–water partition coefficient (Wildman–Crippen LogP) is 7.56.